The molecule has 0 saturated carbocycles. The highest BCUT2D eigenvalue weighted by Crippen LogP contribution is 2.29. The van der Waals surface area contributed by atoms with E-state index in [-0.39, 0.29) is 11.7 Å². The Bertz CT molecular complexity index is 1620. The summed E-state index contributed by atoms with van der Waals surface area (Å²) in [6.07, 6.45) is 0. The Labute approximate surface area is 213 Å². The Morgan fingerprint density at radius 3 is 2.39 bits per heavy atom. The van der Waals surface area contributed by atoms with E-state index < -0.39 is 4.92 Å². The van der Waals surface area contributed by atoms with E-state index in [0.29, 0.717) is 26.4 Å². The van der Waals surface area contributed by atoms with E-state index in [9.17, 15) is 10.1 Å². The van der Waals surface area contributed by atoms with Crippen LogP contribution < -0.4 is 4.80 Å². The molecule has 0 radical (unpaired) electrons. The Balaban J connectivity index is 1.54. The quantitative estimate of drug-likeness (QED) is 0.135. The Hall–Kier alpha value is -4.48. The number of nitro groups is 1. The summed E-state index contributed by atoms with van der Waals surface area (Å²) in [4.78, 5) is 15.6. The maximum absolute atomic E-state index is 10.9. The van der Waals surface area contributed by atoms with Crippen LogP contribution in [0.25, 0.3) is 17.1 Å². The molecule has 0 fully saturated rings. The predicted molar refractivity (Wildman–Crippen MR) is 136 cm³/mol. The van der Waals surface area contributed by atoms with Crippen molar-refractivity contribution in [3.05, 3.63) is 104 Å². The number of azo groups is 1. The standard InChI is InChI=1S/C24H16ClN7O3S/c1-15-22(29-27-18-11-13-20(14-12-18)32(33)34)36-24(31(15)19-5-3-2-4-6-19)26-23-30-28-21(35-23)16-7-9-17(25)10-8-16/h2-14H,1H3. The zero-order valence-corrected chi connectivity index (χ0v) is 20.2. The second-order valence-corrected chi connectivity index (χ2v) is 8.82. The van der Waals surface area contributed by atoms with Gasteiger partial charge in [0, 0.05) is 28.4 Å². The third kappa shape index (κ3) is 4.97. The summed E-state index contributed by atoms with van der Waals surface area (Å²) in [5.74, 6) is 0.322. The molecule has 0 aliphatic rings. The molecule has 2 aromatic heterocycles. The van der Waals surface area contributed by atoms with Gasteiger partial charge >= 0.3 is 6.01 Å². The van der Waals surface area contributed by atoms with Crippen LogP contribution in [0.5, 0.6) is 0 Å². The van der Waals surface area contributed by atoms with Gasteiger partial charge in [-0.3, -0.25) is 14.7 Å². The number of para-hydroxylation sites is 1. The minimum atomic E-state index is -0.462. The zero-order valence-electron chi connectivity index (χ0n) is 18.6. The lowest BCUT2D eigenvalue weighted by molar-refractivity contribution is -0.384. The van der Waals surface area contributed by atoms with E-state index in [1.54, 1.807) is 24.3 Å². The second kappa shape index (κ2) is 10.0. The van der Waals surface area contributed by atoms with Gasteiger partial charge in [-0.25, -0.2) is 0 Å². The highest BCUT2D eigenvalue weighted by Gasteiger charge is 2.14. The number of non-ortho nitro benzene ring substituents is 1. The van der Waals surface area contributed by atoms with Gasteiger partial charge in [0.25, 0.3) is 5.69 Å². The fourth-order valence-electron chi connectivity index (χ4n) is 3.29. The van der Waals surface area contributed by atoms with Crippen molar-refractivity contribution < 1.29 is 9.34 Å². The van der Waals surface area contributed by atoms with Crippen LogP contribution in [-0.4, -0.2) is 19.7 Å². The summed E-state index contributed by atoms with van der Waals surface area (Å²) < 4.78 is 7.68. The van der Waals surface area contributed by atoms with E-state index in [1.165, 1.54) is 35.6 Å². The van der Waals surface area contributed by atoms with Gasteiger partial charge in [-0.05, 0) is 55.5 Å². The molecule has 36 heavy (non-hydrogen) atoms. The van der Waals surface area contributed by atoms with Crippen LogP contribution >= 0.6 is 22.9 Å². The van der Waals surface area contributed by atoms with Gasteiger partial charge in [0.15, 0.2) is 5.00 Å². The number of nitro benzene ring substituents is 1. The second-order valence-electron chi connectivity index (χ2n) is 7.43. The Kier molecular flexibility index (Phi) is 6.48. The molecule has 5 aromatic rings. The topological polar surface area (TPSA) is 124 Å². The van der Waals surface area contributed by atoms with Crippen molar-refractivity contribution in [2.24, 2.45) is 15.2 Å². The van der Waals surface area contributed by atoms with Gasteiger partial charge in [0.2, 0.25) is 10.7 Å². The summed E-state index contributed by atoms with van der Waals surface area (Å²) in [6, 6.07) is 22.7. The minimum Gasteiger partial charge on any atom is -0.402 e. The number of hydrogen-bond acceptors (Lipinski definition) is 9. The SMILES string of the molecule is Cc1c(N=Nc2ccc([N+](=O)[O-])cc2)sc(=Nc2nnc(-c3ccc(Cl)cc3)o2)n1-c1ccccc1. The lowest BCUT2D eigenvalue weighted by Crippen LogP contribution is -2.13. The van der Waals surface area contributed by atoms with Crippen LogP contribution in [0.1, 0.15) is 5.69 Å². The van der Waals surface area contributed by atoms with Gasteiger partial charge in [-0.15, -0.1) is 15.3 Å². The van der Waals surface area contributed by atoms with Crippen molar-refractivity contribution in [2.75, 3.05) is 0 Å². The average molecular weight is 518 g/mol. The normalized spacial score (nSPS) is 11.9. The predicted octanol–water partition coefficient (Wildman–Crippen LogP) is 7.11. The van der Waals surface area contributed by atoms with Crippen molar-refractivity contribution in [3.63, 3.8) is 0 Å². The van der Waals surface area contributed by atoms with Gasteiger partial charge in [-0.1, -0.05) is 46.2 Å². The monoisotopic (exact) mass is 517 g/mol. The molecular weight excluding hydrogens is 502 g/mol. The number of aromatic nitrogens is 3. The summed E-state index contributed by atoms with van der Waals surface area (Å²) >= 11 is 7.25. The number of nitrogens with zero attached hydrogens (tertiary/aromatic N) is 7. The maximum Gasteiger partial charge on any atom is 0.345 e. The first kappa shape index (κ1) is 23.3. The number of halogens is 1. The summed E-state index contributed by atoms with van der Waals surface area (Å²) in [7, 11) is 0. The van der Waals surface area contributed by atoms with E-state index in [0.717, 1.165) is 16.9 Å². The van der Waals surface area contributed by atoms with E-state index >= 15 is 0 Å². The number of rotatable bonds is 6. The van der Waals surface area contributed by atoms with Crippen LogP contribution in [0.4, 0.5) is 22.4 Å². The third-order valence-electron chi connectivity index (χ3n) is 5.05. The van der Waals surface area contributed by atoms with E-state index in [4.69, 9.17) is 16.0 Å². The molecule has 0 bridgehead atoms. The lowest BCUT2D eigenvalue weighted by atomic mass is 10.2. The lowest BCUT2D eigenvalue weighted by Gasteiger charge is -2.05. The molecule has 0 aliphatic heterocycles. The van der Waals surface area contributed by atoms with Crippen LogP contribution in [0, 0.1) is 17.0 Å². The van der Waals surface area contributed by atoms with Gasteiger partial charge in [0.1, 0.15) is 0 Å². The number of hydrogen-bond donors (Lipinski definition) is 0. The molecule has 0 amide bonds. The molecule has 3 aromatic carbocycles. The van der Waals surface area contributed by atoms with Crippen LogP contribution in [0.15, 0.2) is 98.5 Å². The Morgan fingerprint density at radius 1 is 0.972 bits per heavy atom. The van der Waals surface area contributed by atoms with Gasteiger partial charge in [0.05, 0.1) is 16.3 Å². The average Bonchev–Trinajstić information content (AvgIpc) is 3.48. The smallest absolute Gasteiger partial charge is 0.345 e. The third-order valence-corrected chi connectivity index (χ3v) is 6.33. The molecule has 0 N–H and O–H groups in total. The first-order valence-corrected chi connectivity index (χ1v) is 11.8. The van der Waals surface area contributed by atoms with Crippen LogP contribution in [-0.2, 0) is 0 Å². The molecule has 0 atom stereocenters. The van der Waals surface area contributed by atoms with Crippen LogP contribution in [0.3, 0.4) is 0 Å². The molecular formula is C24H16ClN7O3S. The van der Waals surface area contributed by atoms with Gasteiger partial charge < -0.3 is 4.42 Å². The summed E-state index contributed by atoms with van der Waals surface area (Å²) in [5, 5.41) is 28.9. The van der Waals surface area contributed by atoms with Crippen molar-refractivity contribution in [2.45, 2.75) is 6.92 Å². The largest absolute Gasteiger partial charge is 0.402 e. The molecule has 0 aliphatic carbocycles. The maximum atomic E-state index is 10.9. The first-order valence-electron chi connectivity index (χ1n) is 10.6. The molecule has 0 spiro atoms. The Morgan fingerprint density at radius 2 is 1.69 bits per heavy atom. The molecule has 0 saturated heterocycles. The van der Waals surface area contributed by atoms with Crippen LogP contribution in [0.2, 0.25) is 5.02 Å². The molecule has 5 rings (SSSR count). The fraction of sp³-hybridized carbons (Fsp3) is 0.0417. The van der Waals surface area contributed by atoms with Gasteiger partial charge in [-0.2, -0.15) is 4.99 Å². The molecule has 0 unspecified atom stereocenters. The van der Waals surface area contributed by atoms with Crippen molar-refractivity contribution in [1.29, 1.82) is 0 Å². The highest BCUT2D eigenvalue weighted by molar-refractivity contribution is 7.13. The number of thiazole rings is 1. The molecule has 10 nitrogen and oxygen atoms in total. The summed E-state index contributed by atoms with van der Waals surface area (Å²) in [5.41, 5.74) is 2.88. The van der Waals surface area contributed by atoms with Crippen molar-refractivity contribution >= 4 is 45.3 Å². The fourth-order valence-corrected chi connectivity index (χ4v) is 4.36. The van der Waals surface area contributed by atoms with Crippen molar-refractivity contribution in [3.8, 4) is 17.1 Å². The van der Waals surface area contributed by atoms with Crippen molar-refractivity contribution in [1.82, 2.24) is 14.8 Å². The van der Waals surface area contributed by atoms with E-state index in [2.05, 4.69) is 25.4 Å². The number of benzene rings is 3. The first-order chi connectivity index (χ1) is 17.5. The zero-order chi connectivity index (χ0) is 25.1. The summed E-state index contributed by atoms with van der Waals surface area (Å²) in [6.45, 7) is 1.90. The molecule has 178 valence electrons. The molecule has 2 heterocycles. The van der Waals surface area contributed by atoms with E-state index in [1.807, 2.05) is 41.8 Å². The molecule has 12 heteroatoms. The highest BCUT2D eigenvalue weighted by atomic mass is 35.5. The minimum absolute atomic E-state index is 0.0122.